The van der Waals surface area contributed by atoms with Crippen LogP contribution < -0.4 is 5.32 Å². The van der Waals surface area contributed by atoms with Crippen LogP contribution in [0.5, 0.6) is 0 Å². The van der Waals surface area contributed by atoms with Crippen molar-refractivity contribution < 1.29 is 5.21 Å². The normalized spacial score (nSPS) is 20.3. The molecule has 4 rings (SSSR count). The molecule has 1 fully saturated rings. The summed E-state index contributed by atoms with van der Waals surface area (Å²) < 4.78 is 2.36. The van der Waals surface area contributed by atoms with Crippen molar-refractivity contribution in [3.63, 3.8) is 0 Å². The zero-order chi connectivity index (χ0) is 22.0. The molecular formula is C23H31N7O. The van der Waals surface area contributed by atoms with E-state index in [0.29, 0.717) is 37.2 Å². The molecule has 0 spiro atoms. The predicted molar refractivity (Wildman–Crippen MR) is 121 cm³/mol. The lowest BCUT2D eigenvalue weighted by Gasteiger charge is -2.30. The molecule has 3 heterocycles. The van der Waals surface area contributed by atoms with Crippen molar-refractivity contribution in [3.8, 4) is 6.07 Å². The minimum atomic E-state index is 0.00896. The number of amidine groups is 1. The van der Waals surface area contributed by atoms with Gasteiger partial charge in [0.25, 0.3) is 0 Å². The summed E-state index contributed by atoms with van der Waals surface area (Å²) in [5.41, 5.74) is 2.85. The van der Waals surface area contributed by atoms with E-state index in [-0.39, 0.29) is 5.41 Å². The molecule has 164 valence electrons. The van der Waals surface area contributed by atoms with Gasteiger partial charge >= 0.3 is 0 Å². The van der Waals surface area contributed by atoms with Crippen molar-refractivity contribution >= 4 is 27.9 Å². The lowest BCUT2D eigenvalue weighted by molar-refractivity contribution is 0.277. The van der Waals surface area contributed by atoms with Gasteiger partial charge in [0.05, 0.1) is 24.3 Å². The SMILES string of the molecule is CC(C)(C)C/C(=N/O)NCc1nc2cnc3[nH]ccc3c2n1[C@H]1CC[C@@H](CC#N)CC1. The predicted octanol–water partition coefficient (Wildman–Crippen LogP) is 4.87. The van der Waals surface area contributed by atoms with E-state index >= 15 is 0 Å². The largest absolute Gasteiger partial charge is 0.409 e. The van der Waals surface area contributed by atoms with Gasteiger partial charge in [-0.05, 0) is 43.1 Å². The summed E-state index contributed by atoms with van der Waals surface area (Å²) in [5.74, 6) is 1.98. The third-order valence-electron chi connectivity index (χ3n) is 6.14. The number of rotatable bonds is 5. The van der Waals surface area contributed by atoms with Crippen LogP contribution in [0.2, 0.25) is 0 Å². The monoisotopic (exact) mass is 421 g/mol. The second kappa shape index (κ2) is 8.58. The standard InChI is InChI=1S/C23H31N7O/c1-23(2,3)12-19(29-31)26-14-20-28-18-13-27-22-17(9-11-25-22)21(18)30(20)16-6-4-15(5-7-16)8-10-24/h9,11,13,15-16,31H,4-8,12,14H2,1-3H3,(H,25,27)(H,26,29)/t15-,16+. The van der Waals surface area contributed by atoms with Gasteiger partial charge in [-0.2, -0.15) is 5.26 Å². The highest BCUT2D eigenvalue weighted by molar-refractivity contribution is 6.01. The Bertz CT molecular complexity index is 1120. The number of nitrogens with one attached hydrogen (secondary N) is 2. The number of nitriles is 1. The number of imidazole rings is 1. The summed E-state index contributed by atoms with van der Waals surface area (Å²) in [4.78, 5) is 12.6. The van der Waals surface area contributed by atoms with Gasteiger partial charge in [-0.1, -0.05) is 25.9 Å². The van der Waals surface area contributed by atoms with Gasteiger partial charge in [-0.15, -0.1) is 0 Å². The quantitative estimate of drug-likeness (QED) is 0.235. The van der Waals surface area contributed by atoms with E-state index in [2.05, 4.69) is 57.9 Å². The molecule has 1 aliphatic carbocycles. The first-order valence-corrected chi connectivity index (χ1v) is 11.0. The molecule has 0 atom stereocenters. The fraction of sp³-hybridized carbons (Fsp3) is 0.565. The number of aromatic nitrogens is 4. The number of pyridine rings is 1. The molecule has 0 bridgehead atoms. The fourth-order valence-corrected chi connectivity index (χ4v) is 4.71. The Labute approximate surface area is 182 Å². The first-order chi connectivity index (χ1) is 14.9. The van der Waals surface area contributed by atoms with E-state index in [9.17, 15) is 5.21 Å². The van der Waals surface area contributed by atoms with Crippen molar-refractivity contribution in [1.82, 2.24) is 24.8 Å². The van der Waals surface area contributed by atoms with Gasteiger partial charge in [0.15, 0.2) is 0 Å². The van der Waals surface area contributed by atoms with Crippen LogP contribution in [0.3, 0.4) is 0 Å². The summed E-state index contributed by atoms with van der Waals surface area (Å²) in [6, 6.07) is 4.71. The number of aromatic amines is 1. The van der Waals surface area contributed by atoms with Crippen molar-refractivity contribution in [3.05, 3.63) is 24.3 Å². The van der Waals surface area contributed by atoms with Gasteiger partial charge < -0.3 is 20.1 Å². The van der Waals surface area contributed by atoms with Crippen molar-refractivity contribution in [2.75, 3.05) is 0 Å². The second-order valence-corrected chi connectivity index (χ2v) is 9.80. The van der Waals surface area contributed by atoms with Gasteiger partial charge in [0.1, 0.15) is 22.8 Å². The van der Waals surface area contributed by atoms with E-state index < -0.39 is 0 Å². The summed E-state index contributed by atoms with van der Waals surface area (Å²) >= 11 is 0. The minimum absolute atomic E-state index is 0.00896. The van der Waals surface area contributed by atoms with Crippen LogP contribution in [0.25, 0.3) is 22.1 Å². The van der Waals surface area contributed by atoms with Gasteiger partial charge in [-0.3, -0.25) is 0 Å². The van der Waals surface area contributed by atoms with Crippen LogP contribution in [0.4, 0.5) is 0 Å². The first-order valence-electron chi connectivity index (χ1n) is 11.0. The van der Waals surface area contributed by atoms with E-state index in [1.807, 2.05) is 12.4 Å². The van der Waals surface area contributed by atoms with Crippen LogP contribution in [-0.4, -0.2) is 30.6 Å². The Morgan fingerprint density at radius 2 is 2.13 bits per heavy atom. The number of nitrogens with zero attached hydrogens (tertiary/aromatic N) is 5. The molecule has 8 heteroatoms. The second-order valence-electron chi connectivity index (χ2n) is 9.80. The lowest BCUT2D eigenvalue weighted by Crippen LogP contribution is -2.29. The molecule has 0 aromatic carbocycles. The molecule has 0 aliphatic heterocycles. The average molecular weight is 422 g/mol. The van der Waals surface area contributed by atoms with E-state index in [0.717, 1.165) is 53.6 Å². The molecule has 8 nitrogen and oxygen atoms in total. The van der Waals surface area contributed by atoms with Gasteiger partial charge in [0, 0.05) is 30.5 Å². The minimum Gasteiger partial charge on any atom is -0.409 e. The van der Waals surface area contributed by atoms with Crippen LogP contribution >= 0.6 is 0 Å². The molecule has 3 N–H and O–H groups in total. The summed E-state index contributed by atoms with van der Waals surface area (Å²) in [6.45, 7) is 6.82. The van der Waals surface area contributed by atoms with Crippen LogP contribution in [0.15, 0.2) is 23.6 Å². The van der Waals surface area contributed by atoms with Crippen molar-refractivity contribution in [2.45, 2.75) is 71.9 Å². The molecule has 1 saturated carbocycles. The van der Waals surface area contributed by atoms with Crippen molar-refractivity contribution in [2.24, 2.45) is 16.5 Å². The van der Waals surface area contributed by atoms with E-state index in [4.69, 9.17) is 10.2 Å². The molecule has 0 radical (unpaired) electrons. The molecule has 31 heavy (non-hydrogen) atoms. The lowest BCUT2D eigenvalue weighted by atomic mass is 9.84. The number of oxime groups is 1. The van der Waals surface area contributed by atoms with E-state index in [1.54, 1.807) is 0 Å². The summed E-state index contributed by atoms with van der Waals surface area (Å²) in [5, 5.41) is 26.4. The highest BCUT2D eigenvalue weighted by Gasteiger charge is 2.27. The molecule has 0 unspecified atom stereocenters. The van der Waals surface area contributed by atoms with Gasteiger partial charge in [-0.25, -0.2) is 9.97 Å². The van der Waals surface area contributed by atoms with Crippen LogP contribution in [-0.2, 0) is 6.54 Å². The molecule has 3 aromatic rings. The van der Waals surface area contributed by atoms with Crippen molar-refractivity contribution in [1.29, 1.82) is 5.26 Å². The highest BCUT2D eigenvalue weighted by Crippen LogP contribution is 2.37. The maximum atomic E-state index is 9.48. The fourth-order valence-electron chi connectivity index (χ4n) is 4.71. The van der Waals surface area contributed by atoms with Crippen LogP contribution in [0, 0.1) is 22.7 Å². The Kier molecular flexibility index (Phi) is 5.86. The third kappa shape index (κ3) is 4.50. The third-order valence-corrected chi connectivity index (χ3v) is 6.14. The van der Waals surface area contributed by atoms with Crippen LogP contribution in [0.1, 0.15) is 71.2 Å². The Hall–Kier alpha value is -3.08. The zero-order valence-electron chi connectivity index (χ0n) is 18.5. The Morgan fingerprint density at radius 1 is 1.35 bits per heavy atom. The average Bonchev–Trinajstić information content (AvgIpc) is 3.35. The molecular weight excluding hydrogens is 390 g/mol. The number of fused-ring (bicyclic) bond motifs is 3. The zero-order valence-corrected chi connectivity index (χ0v) is 18.5. The molecule has 1 aliphatic rings. The summed E-state index contributed by atoms with van der Waals surface area (Å²) in [6.07, 6.45) is 9.19. The summed E-state index contributed by atoms with van der Waals surface area (Å²) in [7, 11) is 0. The smallest absolute Gasteiger partial charge is 0.142 e. The Morgan fingerprint density at radius 3 is 2.81 bits per heavy atom. The maximum absolute atomic E-state index is 9.48. The topological polar surface area (TPSA) is 115 Å². The molecule has 0 saturated heterocycles. The molecule has 3 aromatic heterocycles. The Balaban J connectivity index is 1.68. The number of H-pyrrole nitrogens is 1. The maximum Gasteiger partial charge on any atom is 0.142 e. The number of hydrogen-bond donors (Lipinski definition) is 3. The molecule has 0 amide bonds. The first kappa shape index (κ1) is 21.2. The van der Waals surface area contributed by atoms with Gasteiger partial charge in [0.2, 0.25) is 0 Å². The highest BCUT2D eigenvalue weighted by atomic mass is 16.4. The number of hydrogen-bond acceptors (Lipinski definition) is 5. The van der Waals surface area contributed by atoms with E-state index in [1.165, 1.54) is 0 Å².